The maximum Gasteiger partial charge on any atom is 0.260 e. The van der Waals surface area contributed by atoms with E-state index in [0.29, 0.717) is 32.9 Å². The topological polar surface area (TPSA) is 88.4 Å². The van der Waals surface area contributed by atoms with Crippen LogP contribution in [0.5, 0.6) is 11.5 Å². The third kappa shape index (κ3) is 3.22. The lowest BCUT2D eigenvalue weighted by atomic mass is 10.2. The van der Waals surface area contributed by atoms with Crippen LogP contribution in [0.15, 0.2) is 51.2 Å². The molecule has 2 N–H and O–H groups in total. The zero-order chi connectivity index (χ0) is 19.0. The largest absolute Gasteiger partial charge is 0.504 e. The first-order valence-corrected chi connectivity index (χ1v) is 9.12. The first kappa shape index (κ1) is 17.4. The lowest BCUT2D eigenvalue weighted by molar-refractivity contribution is 0.373. The Morgan fingerprint density at radius 2 is 2.26 bits per heavy atom. The van der Waals surface area contributed by atoms with Crippen LogP contribution in [0, 0.1) is 0 Å². The van der Waals surface area contributed by atoms with Gasteiger partial charge >= 0.3 is 0 Å². The maximum absolute atomic E-state index is 12.6. The summed E-state index contributed by atoms with van der Waals surface area (Å²) < 4.78 is 10.4. The Morgan fingerprint density at radius 3 is 2.96 bits per heavy atom. The number of benzene rings is 1. The van der Waals surface area contributed by atoms with Crippen LogP contribution in [0.4, 0.5) is 0 Å². The van der Waals surface area contributed by atoms with E-state index in [1.165, 1.54) is 24.5 Å². The molecule has 27 heavy (non-hydrogen) atoms. The number of H-pyrrole nitrogens is 1. The number of nitrogens with one attached hydrogen (secondary N) is 1. The molecule has 0 aliphatic carbocycles. The van der Waals surface area contributed by atoms with E-state index in [4.69, 9.17) is 20.8 Å². The lowest BCUT2D eigenvalue weighted by Gasteiger charge is -2.04. The highest BCUT2D eigenvalue weighted by Crippen LogP contribution is 2.32. The molecule has 0 saturated heterocycles. The summed E-state index contributed by atoms with van der Waals surface area (Å²) in [6, 6.07) is 8.42. The minimum Gasteiger partial charge on any atom is -0.504 e. The van der Waals surface area contributed by atoms with Gasteiger partial charge in [-0.2, -0.15) is 0 Å². The number of nitrogens with zero attached hydrogens (tertiary/aromatic N) is 1. The number of halogens is 1. The monoisotopic (exact) mass is 400 g/mol. The Hall–Kier alpha value is -3.03. The van der Waals surface area contributed by atoms with Crippen molar-refractivity contribution >= 4 is 44.3 Å². The minimum atomic E-state index is -0.299. The first-order chi connectivity index (χ1) is 13.1. The van der Waals surface area contributed by atoms with Crippen LogP contribution in [0.3, 0.4) is 0 Å². The normalized spacial score (nSPS) is 11.9. The standard InChI is InChI=1S/C19H13ClN2O4S/c1-25-15-5-4-10(8-13(15)23)7-12(20)17-21-18(24)16-11(9-27-19(16)22-17)14-3-2-6-26-14/h2-9,23H,1H3,(H,21,22,24)/b12-7-. The average molecular weight is 401 g/mol. The summed E-state index contributed by atoms with van der Waals surface area (Å²) in [5.41, 5.74) is 1.04. The molecule has 3 heterocycles. The number of fused-ring (bicyclic) bond motifs is 1. The SMILES string of the molecule is COc1ccc(/C=C(\Cl)c2nc3scc(-c4ccco4)c3c(=O)[nH]2)cc1O. The highest BCUT2D eigenvalue weighted by Gasteiger charge is 2.15. The third-order valence-electron chi connectivity index (χ3n) is 3.95. The molecule has 0 amide bonds. The van der Waals surface area contributed by atoms with Gasteiger partial charge in [-0.05, 0) is 35.9 Å². The van der Waals surface area contributed by atoms with E-state index in [0.717, 1.165) is 0 Å². The molecule has 1 aromatic carbocycles. The molecule has 4 aromatic rings. The van der Waals surface area contributed by atoms with E-state index in [2.05, 4.69) is 9.97 Å². The van der Waals surface area contributed by atoms with Gasteiger partial charge in [0.05, 0.1) is 23.8 Å². The Bertz CT molecular complexity index is 1210. The fraction of sp³-hybridized carbons (Fsp3) is 0.0526. The Balaban J connectivity index is 1.76. The maximum atomic E-state index is 12.6. The molecule has 0 saturated carbocycles. The summed E-state index contributed by atoms with van der Waals surface area (Å²) in [4.78, 5) is 20.3. The number of thiophene rings is 1. The molecular weight excluding hydrogens is 388 g/mol. The van der Waals surface area contributed by atoms with Crippen LogP contribution in [0.25, 0.3) is 32.6 Å². The van der Waals surface area contributed by atoms with Crippen LogP contribution in [-0.4, -0.2) is 22.2 Å². The van der Waals surface area contributed by atoms with E-state index >= 15 is 0 Å². The Morgan fingerprint density at radius 1 is 1.41 bits per heavy atom. The van der Waals surface area contributed by atoms with Crippen molar-refractivity contribution in [2.75, 3.05) is 7.11 Å². The predicted molar refractivity (Wildman–Crippen MR) is 106 cm³/mol. The summed E-state index contributed by atoms with van der Waals surface area (Å²) in [6.07, 6.45) is 3.16. The molecule has 6 nitrogen and oxygen atoms in total. The first-order valence-electron chi connectivity index (χ1n) is 7.87. The van der Waals surface area contributed by atoms with Crippen molar-refractivity contribution in [3.05, 3.63) is 63.7 Å². The van der Waals surface area contributed by atoms with Gasteiger partial charge in [0.15, 0.2) is 17.3 Å². The van der Waals surface area contributed by atoms with Gasteiger partial charge in [0.1, 0.15) is 10.6 Å². The number of methoxy groups -OCH3 is 1. The van der Waals surface area contributed by atoms with Crippen molar-refractivity contribution in [1.29, 1.82) is 0 Å². The molecular formula is C19H13ClN2O4S. The fourth-order valence-corrected chi connectivity index (χ4v) is 3.83. The number of phenolic OH excluding ortho intramolecular Hbond substituents is 1. The summed E-state index contributed by atoms with van der Waals surface area (Å²) in [7, 11) is 1.47. The van der Waals surface area contributed by atoms with Crippen molar-refractivity contribution in [3.63, 3.8) is 0 Å². The van der Waals surface area contributed by atoms with Crippen LogP contribution in [-0.2, 0) is 0 Å². The van der Waals surface area contributed by atoms with Gasteiger partial charge in [0.25, 0.3) is 5.56 Å². The number of ether oxygens (including phenoxy) is 1. The van der Waals surface area contributed by atoms with Crippen molar-refractivity contribution in [1.82, 2.24) is 9.97 Å². The molecule has 0 bridgehead atoms. The van der Waals surface area contributed by atoms with Gasteiger partial charge in [-0.3, -0.25) is 4.79 Å². The molecule has 0 aliphatic heterocycles. The molecule has 0 radical (unpaired) electrons. The number of aromatic nitrogens is 2. The predicted octanol–water partition coefficient (Wildman–Crippen LogP) is 4.70. The van der Waals surface area contributed by atoms with Crippen molar-refractivity contribution in [3.8, 4) is 22.8 Å². The van der Waals surface area contributed by atoms with Gasteiger partial charge in [-0.15, -0.1) is 11.3 Å². The van der Waals surface area contributed by atoms with Gasteiger partial charge in [-0.1, -0.05) is 17.7 Å². The number of rotatable bonds is 4. The molecule has 0 atom stereocenters. The smallest absolute Gasteiger partial charge is 0.260 e. The average Bonchev–Trinajstić information content (AvgIpc) is 3.31. The zero-order valence-corrected chi connectivity index (χ0v) is 15.6. The van der Waals surface area contributed by atoms with Crippen LogP contribution in [0.2, 0.25) is 0 Å². The van der Waals surface area contributed by atoms with E-state index in [1.807, 2.05) is 5.38 Å². The molecule has 0 aliphatic rings. The lowest BCUT2D eigenvalue weighted by Crippen LogP contribution is -2.10. The summed E-state index contributed by atoms with van der Waals surface area (Å²) in [5, 5.41) is 12.4. The van der Waals surface area contributed by atoms with E-state index in [1.54, 1.807) is 36.6 Å². The summed E-state index contributed by atoms with van der Waals surface area (Å²) in [5.74, 6) is 1.21. The van der Waals surface area contributed by atoms with Gasteiger partial charge in [0, 0.05) is 10.9 Å². The number of hydrogen-bond donors (Lipinski definition) is 2. The fourth-order valence-electron chi connectivity index (χ4n) is 2.69. The van der Waals surface area contributed by atoms with Crippen LogP contribution in [0.1, 0.15) is 11.4 Å². The second kappa shape index (κ2) is 6.94. The number of aromatic amines is 1. The molecule has 0 spiro atoms. The highest BCUT2D eigenvalue weighted by atomic mass is 35.5. The second-order valence-electron chi connectivity index (χ2n) is 5.64. The quantitative estimate of drug-likeness (QED) is 0.518. The van der Waals surface area contributed by atoms with Crippen molar-refractivity contribution in [2.24, 2.45) is 0 Å². The molecule has 4 rings (SSSR count). The summed E-state index contributed by atoms with van der Waals surface area (Å²) in [6.45, 7) is 0. The van der Waals surface area contributed by atoms with Gasteiger partial charge in [-0.25, -0.2) is 4.98 Å². The number of hydrogen-bond acceptors (Lipinski definition) is 6. The van der Waals surface area contributed by atoms with E-state index in [9.17, 15) is 9.90 Å². The minimum absolute atomic E-state index is 0.00559. The van der Waals surface area contributed by atoms with E-state index < -0.39 is 0 Å². The second-order valence-corrected chi connectivity index (χ2v) is 6.91. The third-order valence-corrected chi connectivity index (χ3v) is 5.11. The Kier molecular flexibility index (Phi) is 4.47. The molecule has 8 heteroatoms. The molecule has 136 valence electrons. The number of furan rings is 1. The molecule has 0 fully saturated rings. The Labute approximate surface area is 162 Å². The summed E-state index contributed by atoms with van der Waals surface area (Å²) >= 11 is 7.69. The van der Waals surface area contributed by atoms with Crippen LogP contribution < -0.4 is 10.3 Å². The number of phenols is 1. The number of aromatic hydroxyl groups is 1. The van der Waals surface area contributed by atoms with Crippen LogP contribution >= 0.6 is 22.9 Å². The molecule has 3 aromatic heterocycles. The zero-order valence-electron chi connectivity index (χ0n) is 14.0. The molecule has 0 unspecified atom stereocenters. The van der Waals surface area contributed by atoms with Gasteiger partial charge in [0.2, 0.25) is 0 Å². The van der Waals surface area contributed by atoms with Crippen molar-refractivity contribution < 1.29 is 14.3 Å². The highest BCUT2D eigenvalue weighted by molar-refractivity contribution is 7.17. The van der Waals surface area contributed by atoms with Gasteiger partial charge < -0.3 is 19.2 Å². The van der Waals surface area contributed by atoms with E-state index in [-0.39, 0.29) is 22.2 Å². The van der Waals surface area contributed by atoms with Crippen molar-refractivity contribution in [2.45, 2.75) is 0 Å².